The lowest BCUT2D eigenvalue weighted by molar-refractivity contribution is 0.119. The second-order valence-corrected chi connectivity index (χ2v) is 6.49. The Kier molecular flexibility index (Phi) is 4.97. The summed E-state index contributed by atoms with van der Waals surface area (Å²) in [5.74, 6) is 2.75. The van der Waals surface area contributed by atoms with Gasteiger partial charge in [0.2, 0.25) is 0 Å². The summed E-state index contributed by atoms with van der Waals surface area (Å²) in [6, 6.07) is 10.2. The Hall–Kier alpha value is -2.34. The number of benzene rings is 1. The van der Waals surface area contributed by atoms with E-state index in [-0.39, 0.29) is 0 Å². The van der Waals surface area contributed by atoms with Gasteiger partial charge in [0.25, 0.3) is 0 Å². The molecule has 1 saturated carbocycles. The van der Waals surface area contributed by atoms with Crippen molar-refractivity contribution in [2.24, 2.45) is 0 Å². The Labute approximate surface area is 148 Å². The molecule has 1 N–H and O–H groups in total. The van der Waals surface area contributed by atoms with E-state index >= 15 is 0 Å². The number of aromatic nitrogens is 2. The van der Waals surface area contributed by atoms with E-state index in [0.29, 0.717) is 12.6 Å². The van der Waals surface area contributed by atoms with E-state index in [0.717, 1.165) is 62.1 Å². The number of rotatable bonds is 6. The Balaban J connectivity index is 1.41. The lowest BCUT2D eigenvalue weighted by Gasteiger charge is -2.28. The molecule has 0 radical (unpaired) electrons. The fraction of sp³-hybridized carbons (Fsp3) is 0.474. The molecule has 1 saturated heterocycles. The first-order valence-corrected chi connectivity index (χ1v) is 9.02. The van der Waals surface area contributed by atoms with Gasteiger partial charge >= 0.3 is 0 Å². The SMILES string of the molecule is c1ccc(OC2CCC2)c(CNc2cc(N3CCOCC3)ncn2)c1. The third-order valence-electron chi connectivity index (χ3n) is 4.77. The zero-order valence-electron chi connectivity index (χ0n) is 14.4. The van der Waals surface area contributed by atoms with Gasteiger partial charge in [0.15, 0.2) is 0 Å². The smallest absolute Gasteiger partial charge is 0.134 e. The van der Waals surface area contributed by atoms with E-state index in [2.05, 4.69) is 32.3 Å². The molecule has 0 amide bonds. The largest absolute Gasteiger partial charge is 0.490 e. The number of hydrogen-bond donors (Lipinski definition) is 1. The monoisotopic (exact) mass is 340 g/mol. The topological polar surface area (TPSA) is 59.5 Å². The first-order chi connectivity index (χ1) is 12.4. The van der Waals surface area contributed by atoms with E-state index < -0.39 is 0 Å². The number of nitrogens with one attached hydrogen (secondary N) is 1. The highest BCUT2D eigenvalue weighted by Crippen LogP contribution is 2.28. The van der Waals surface area contributed by atoms with Gasteiger partial charge in [-0.05, 0) is 25.3 Å². The minimum Gasteiger partial charge on any atom is -0.490 e. The lowest BCUT2D eigenvalue weighted by atomic mass is 9.96. The highest BCUT2D eigenvalue weighted by atomic mass is 16.5. The highest BCUT2D eigenvalue weighted by Gasteiger charge is 2.20. The molecular formula is C19H24N4O2. The Bertz CT molecular complexity index is 699. The highest BCUT2D eigenvalue weighted by molar-refractivity contribution is 5.49. The van der Waals surface area contributed by atoms with E-state index in [4.69, 9.17) is 9.47 Å². The summed E-state index contributed by atoms with van der Waals surface area (Å²) < 4.78 is 11.5. The quantitative estimate of drug-likeness (QED) is 0.873. The van der Waals surface area contributed by atoms with Crippen LogP contribution in [0.1, 0.15) is 24.8 Å². The van der Waals surface area contributed by atoms with Crippen LogP contribution < -0.4 is 15.0 Å². The molecule has 4 rings (SSSR count). The molecule has 1 aromatic heterocycles. The number of nitrogens with zero attached hydrogens (tertiary/aromatic N) is 3. The third kappa shape index (κ3) is 4.02. The molecule has 1 aliphatic carbocycles. The summed E-state index contributed by atoms with van der Waals surface area (Å²) in [5.41, 5.74) is 1.15. The van der Waals surface area contributed by atoms with Crippen molar-refractivity contribution in [3.05, 3.63) is 42.2 Å². The molecule has 132 valence electrons. The maximum Gasteiger partial charge on any atom is 0.134 e. The second kappa shape index (κ2) is 7.70. The van der Waals surface area contributed by atoms with Crippen molar-refractivity contribution in [3.63, 3.8) is 0 Å². The normalized spacial score (nSPS) is 17.8. The molecule has 25 heavy (non-hydrogen) atoms. The van der Waals surface area contributed by atoms with Crippen molar-refractivity contribution in [2.75, 3.05) is 36.5 Å². The molecule has 0 unspecified atom stereocenters. The molecule has 6 nitrogen and oxygen atoms in total. The van der Waals surface area contributed by atoms with Crippen LogP contribution >= 0.6 is 0 Å². The first kappa shape index (κ1) is 16.1. The zero-order valence-corrected chi connectivity index (χ0v) is 14.4. The summed E-state index contributed by atoms with van der Waals surface area (Å²) in [4.78, 5) is 11.0. The molecule has 2 heterocycles. The molecular weight excluding hydrogens is 316 g/mol. The van der Waals surface area contributed by atoms with E-state index in [9.17, 15) is 0 Å². The minimum atomic E-state index is 0.383. The molecule has 1 aromatic carbocycles. The molecule has 0 atom stereocenters. The van der Waals surface area contributed by atoms with Gasteiger partial charge in [0, 0.05) is 31.3 Å². The Morgan fingerprint density at radius 2 is 2.00 bits per heavy atom. The Morgan fingerprint density at radius 3 is 2.80 bits per heavy atom. The first-order valence-electron chi connectivity index (χ1n) is 9.02. The molecule has 6 heteroatoms. The number of anilines is 2. The standard InChI is InChI=1S/C19H24N4O2/c1-2-7-17(25-16-5-3-6-16)15(4-1)13-20-18-12-19(22-14-21-18)23-8-10-24-11-9-23/h1-2,4,7,12,14,16H,3,5-6,8-11,13H2,(H,20,21,22). The van der Waals surface area contributed by atoms with Gasteiger partial charge < -0.3 is 19.7 Å². The van der Waals surface area contributed by atoms with Crippen molar-refractivity contribution in [2.45, 2.75) is 31.9 Å². The molecule has 0 spiro atoms. The minimum absolute atomic E-state index is 0.383. The van der Waals surface area contributed by atoms with Crippen LogP contribution in [0.3, 0.4) is 0 Å². The molecule has 2 aliphatic rings. The predicted molar refractivity (Wildman–Crippen MR) is 97.1 cm³/mol. The molecule has 0 bridgehead atoms. The molecule has 2 aromatic rings. The van der Waals surface area contributed by atoms with Gasteiger partial charge in [-0.15, -0.1) is 0 Å². The van der Waals surface area contributed by atoms with Crippen LogP contribution in [0.2, 0.25) is 0 Å². The lowest BCUT2D eigenvalue weighted by Crippen LogP contribution is -2.36. The second-order valence-electron chi connectivity index (χ2n) is 6.49. The summed E-state index contributed by atoms with van der Waals surface area (Å²) in [6.45, 7) is 3.92. The summed E-state index contributed by atoms with van der Waals surface area (Å²) in [6.07, 6.45) is 5.60. The number of morpholine rings is 1. The van der Waals surface area contributed by atoms with Crippen molar-refractivity contribution >= 4 is 11.6 Å². The van der Waals surface area contributed by atoms with Crippen LogP contribution in [0.15, 0.2) is 36.7 Å². The fourth-order valence-corrected chi connectivity index (χ4v) is 3.03. The zero-order chi connectivity index (χ0) is 16.9. The number of para-hydroxylation sites is 1. The van der Waals surface area contributed by atoms with Gasteiger partial charge in [0.1, 0.15) is 23.7 Å². The van der Waals surface area contributed by atoms with Crippen LogP contribution in [0.4, 0.5) is 11.6 Å². The van der Waals surface area contributed by atoms with Crippen molar-refractivity contribution < 1.29 is 9.47 Å². The van der Waals surface area contributed by atoms with Crippen LogP contribution in [0.25, 0.3) is 0 Å². The summed E-state index contributed by atoms with van der Waals surface area (Å²) in [7, 11) is 0. The number of hydrogen-bond acceptors (Lipinski definition) is 6. The maximum atomic E-state index is 6.09. The van der Waals surface area contributed by atoms with Gasteiger partial charge in [-0.2, -0.15) is 0 Å². The van der Waals surface area contributed by atoms with Crippen molar-refractivity contribution in [1.82, 2.24) is 9.97 Å². The third-order valence-corrected chi connectivity index (χ3v) is 4.77. The average Bonchev–Trinajstić information content (AvgIpc) is 2.65. The fourth-order valence-electron chi connectivity index (χ4n) is 3.03. The average molecular weight is 340 g/mol. The van der Waals surface area contributed by atoms with Crippen molar-refractivity contribution in [3.8, 4) is 5.75 Å². The van der Waals surface area contributed by atoms with Gasteiger partial charge in [-0.3, -0.25) is 0 Å². The van der Waals surface area contributed by atoms with E-state index in [1.807, 2.05) is 18.2 Å². The molecule has 1 aliphatic heterocycles. The van der Waals surface area contributed by atoms with Gasteiger partial charge in [0.05, 0.1) is 19.3 Å². The van der Waals surface area contributed by atoms with Gasteiger partial charge in [-0.25, -0.2) is 9.97 Å². The van der Waals surface area contributed by atoms with Crippen LogP contribution in [0, 0.1) is 0 Å². The maximum absolute atomic E-state index is 6.09. The summed E-state index contributed by atoms with van der Waals surface area (Å²) >= 11 is 0. The summed E-state index contributed by atoms with van der Waals surface area (Å²) in [5, 5.41) is 3.40. The van der Waals surface area contributed by atoms with Crippen molar-refractivity contribution in [1.29, 1.82) is 0 Å². The van der Waals surface area contributed by atoms with Crippen LogP contribution in [-0.4, -0.2) is 42.4 Å². The van der Waals surface area contributed by atoms with E-state index in [1.165, 1.54) is 6.42 Å². The van der Waals surface area contributed by atoms with E-state index in [1.54, 1.807) is 6.33 Å². The van der Waals surface area contributed by atoms with Gasteiger partial charge in [-0.1, -0.05) is 18.2 Å². The predicted octanol–water partition coefficient (Wildman–Crippen LogP) is 2.86. The molecule has 2 fully saturated rings. The van der Waals surface area contributed by atoms with Crippen LogP contribution in [-0.2, 0) is 11.3 Å². The Morgan fingerprint density at radius 1 is 1.16 bits per heavy atom. The van der Waals surface area contributed by atoms with Crippen LogP contribution in [0.5, 0.6) is 5.75 Å². The number of ether oxygens (including phenoxy) is 2.